The molecule has 10 atom stereocenters. The predicted octanol–water partition coefficient (Wildman–Crippen LogP) is 3.66. The number of methoxy groups -OCH3 is 1. The quantitative estimate of drug-likeness (QED) is 0.194. The molecule has 0 unspecified atom stereocenters. The van der Waals surface area contributed by atoms with Gasteiger partial charge in [0.1, 0.15) is 17.9 Å². The zero-order chi connectivity index (χ0) is 39.1. The molecule has 7 rings (SSSR count). The number of hydroxylamine groups is 2. The van der Waals surface area contributed by atoms with Crippen LogP contribution in [0.25, 0.3) is 11.1 Å². The molecule has 2 aliphatic heterocycles. The van der Waals surface area contributed by atoms with Gasteiger partial charge in [-0.1, -0.05) is 39.0 Å². The minimum Gasteiger partial charge on any atom is -0.496 e. The smallest absolute Gasteiger partial charge is 0.251 e. The number of hydrogen-bond donors (Lipinski definition) is 5. The van der Waals surface area contributed by atoms with Gasteiger partial charge in [0.25, 0.3) is 5.91 Å². The van der Waals surface area contributed by atoms with Crippen molar-refractivity contribution in [3.63, 3.8) is 0 Å². The summed E-state index contributed by atoms with van der Waals surface area (Å²) in [5.74, 6) is 0.870. The summed E-state index contributed by atoms with van der Waals surface area (Å²) >= 11 is 0. The molecule has 5 fully saturated rings. The van der Waals surface area contributed by atoms with Crippen LogP contribution in [0.5, 0.6) is 5.75 Å². The zero-order valence-corrected chi connectivity index (χ0v) is 33.4. The third-order valence-electron chi connectivity index (χ3n) is 13.2. The summed E-state index contributed by atoms with van der Waals surface area (Å²) in [6.45, 7) is 12.6. The number of nitrogens with zero attached hydrogens (tertiary/aromatic N) is 3. The van der Waals surface area contributed by atoms with E-state index in [-0.39, 0.29) is 36.4 Å². The monoisotopic (exact) mass is 749 g/mol. The third-order valence-corrected chi connectivity index (χ3v) is 13.2. The molecule has 2 aromatic rings. The Kier molecular flexibility index (Phi) is 12.3. The molecule has 12 heteroatoms. The lowest BCUT2D eigenvalue weighted by Crippen LogP contribution is -2.62. The van der Waals surface area contributed by atoms with Crippen molar-refractivity contribution in [1.82, 2.24) is 20.6 Å². The number of anilines is 1. The van der Waals surface area contributed by atoms with E-state index in [2.05, 4.69) is 36.3 Å². The molecular formula is C42H63N5O7. The summed E-state index contributed by atoms with van der Waals surface area (Å²) in [5, 5.41) is 39.9. The van der Waals surface area contributed by atoms with Gasteiger partial charge in [-0.2, -0.15) is 5.06 Å². The summed E-state index contributed by atoms with van der Waals surface area (Å²) in [6.07, 6.45) is 1.97. The molecule has 2 aromatic carbocycles. The van der Waals surface area contributed by atoms with E-state index in [1.807, 2.05) is 55.4 Å². The van der Waals surface area contributed by atoms with Crippen LogP contribution in [0.15, 0.2) is 36.4 Å². The number of benzene rings is 2. The van der Waals surface area contributed by atoms with Gasteiger partial charge in [0.15, 0.2) is 0 Å². The van der Waals surface area contributed by atoms with Crippen LogP contribution in [0.1, 0.15) is 76.2 Å². The standard InChI is InChI=1S/C42H63N5O7/c1-24-33-19-30(42(33,4)5)20-34(24)43-41(52)38-37(26(3)50)36(23-48)54-47(38)21-27-12-11-13-32(39(27)53-8)28-16-29(18-31(17-28)45(6)7)40(51)44-35(25(2)49)22-46-14-9-10-15-46/h11-13,16-18,24-26,30,33-38,48-50H,9-10,14-15,19-23H2,1-8H3,(H,43,52)(H,44,51)/t24-,25+,26-,30-,33-,34-,35+,36-,37-,38-/m0/s1. The van der Waals surface area contributed by atoms with Crippen LogP contribution in [0.3, 0.4) is 0 Å². The Balaban J connectivity index is 1.28. The van der Waals surface area contributed by atoms with Gasteiger partial charge in [0.2, 0.25) is 5.91 Å². The first-order valence-corrected chi connectivity index (χ1v) is 19.9. The predicted molar refractivity (Wildman–Crippen MR) is 209 cm³/mol. The number of aliphatic hydroxyl groups excluding tert-OH is 3. The Hall–Kier alpha value is -3.26. The van der Waals surface area contributed by atoms with Crippen LogP contribution in [0.2, 0.25) is 0 Å². The number of amides is 2. The number of carbonyl (C=O) groups excluding carboxylic acids is 2. The van der Waals surface area contributed by atoms with Gasteiger partial charge in [0, 0.05) is 55.0 Å². The molecule has 2 bridgehead atoms. The fraction of sp³-hybridized carbons (Fsp3) is 0.667. The Morgan fingerprint density at radius 2 is 1.81 bits per heavy atom. The van der Waals surface area contributed by atoms with E-state index in [1.165, 1.54) is 6.42 Å². The SMILES string of the molecule is COc1c(CN2O[C@@H](CO)[C@H]([C@H](C)O)[C@H]2C(=O)N[C@H]2C[C@@H]3C[C@@H]([C@@H]2C)C3(C)C)cccc1-c1cc(C(=O)N[C@H](CN2CCCC2)[C@@H](C)O)cc(N(C)C)c1. The Bertz CT molecular complexity index is 1640. The van der Waals surface area contributed by atoms with Crippen molar-refractivity contribution in [2.45, 2.75) is 103 Å². The van der Waals surface area contributed by atoms with Crippen molar-refractivity contribution in [2.75, 3.05) is 52.3 Å². The first kappa shape index (κ1) is 40.4. The summed E-state index contributed by atoms with van der Waals surface area (Å²) in [5.41, 5.74) is 3.81. The first-order valence-electron chi connectivity index (χ1n) is 19.9. The topological polar surface area (TPSA) is 147 Å². The van der Waals surface area contributed by atoms with Crippen LogP contribution in [-0.4, -0.2) is 121 Å². The van der Waals surface area contributed by atoms with Gasteiger partial charge >= 0.3 is 0 Å². The maximum absolute atomic E-state index is 14.3. The Morgan fingerprint density at radius 1 is 1.09 bits per heavy atom. The fourth-order valence-electron chi connectivity index (χ4n) is 9.80. The summed E-state index contributed by atoms with van der Waals surface area (Å²) in [7, 11) is 5.44. The molecule has 2 amide bonds. The Labute approximate surface area is 321 Å². The Morgan fingerprint density at radius 3 is 2.41 bits per heavy atom. The van der Waals surface area contributed by atoms with Crippen LogP contribution >= 0.6 is 0 Å². The average Bonchev–Trinajstić information content (AvgIpc) is 3.79. The minimum absolute atomic E-state index is 0.0308. The lowest BCUT2D eigenvalue weighted by Gasteiger charge is -2.62. The molecule has 0 aromatic heterocycles. The molecule has 12 nitrogen and oxygen atoms in total. The average molecular weight is 750 g/mol. The number of carbonyl (C=O) groups is 2. The maximum Gasteiger partial charge on any atom is 0.251 e. The van der Waals surface area contributed by atoms with Crippen molar-refractivity contribution in [2.24, 2.45) is 29.1 Å². The van der Waals surface area contributed by atoms with Gasteiger partial charge < -0.3 is 40.5 Å². The number of aliphatic hydroxyl groups is 3. The molecule has 0 radical (unpaired) electrons. The number of likely N-dealkylation sites (tertiary alicyclic amines) is 1. The summed E-state index contributed by atoms with van der Waals surface area (Å²) in [4.78, 5) is 38.6. The molecule has 3 aliphatic carbocycles. The highest BCUT2D eigenvalue weighted by molar-refractivity contribution is 5.97. The highest BCUT2D eigenvalue weighted by Crippen LogP contribution is 2.61. The van der Waals surface area contributed by atoms with Crippen molar-refractivity contribution in [3.05, 3.63) is 47.5 Å². The lowest BCUT2D eigenvalue weighted by molar-refractivity contribution is -0.183. The minimum atomic E-state index is -0.908. The zero-order valence-electron chi connectivity index (χ0n) is 33.4. The van der Waals surface area contributed by atoms with Gasteiger partial charge in [-0.25, -0.2) is 0 Å². The second-order valence-electron chi connectivity index (χ2n) is 17.2. The molecule has 54 heavy (non-hydrogen) atoms. The molecular weight excluding hydrogens is 686 g/mol. The summed E-state index contributed by atoms with van der Waals surface area (Å²) in [6, 6.07) is 10.2. The van der Waals surface area contributed by atoms with Crippen LogP contribution in [-0.2, 0) is 16.2 Å². The van der Waals surface area contributed by atoms with Crippen molar-refractivity contribution < 1.29 is 34.5 Å². The molecule has 3 saturated carbocycles. The van der Waals surface area contributed by atoms with E-state index in [4.69, 9.17) is 9.57 Å². The molecule has 2 heterocycles. The number of hydrogen-bond acceptors (Lipinski definition) is 10. The molecule has 298 valence electrons. The van der Waals surface area contributed by atoms with E-state index in [1.54, 1.807) is 26.0 Å². The number of ether oxygens (including phenoxy) is 1. The lowest BCUT2D eigenvalue weighted by atomic mass is 9.45. The van der Waals surface area contributed by atoms with Crippen molar-refractivity contribution in [1.29, 1.82) is 0 Å². The van der Waals surface area contributed by atoms with Crippen LogP contribution < -0.4 is 20.3 Å². The first-order chi connectivity index (χ1) is 25.6. The normalized spacial score (nSPS) is 29.6. The van der Waals surface area contributed by atoms with E-state index < -0.39 is 36.3 Å². The maximum atomic E-state index is 14.3. The highest BCUT2D eigenvalue weighted by Gasteiger charge is 2.57. The van der Waals surface area contributed by atoms with Gasteiger partial charge in [-0.3, -0.25) is 14.4 Å². The van der Waals surface area contributed by atoms with E-state index in [0.717, 1.165) is 54.7 Å². The second kappa shape index (κ2) is 16.5. The molecule has 2 saturated heterocycles. The van der Waals surface area contributed by atoms with Crippen LogP contribution in [0, 0.1) is 29.1 Å². The van der Waals surface area contributed by atoms with Gasteiger partial charge in [-0.05, 0) is 99.6 Å². The van der Waals surface area contributed by atoms with Crippen molar-refractivity contribution >= 4 is 17.5 Å². The number of rotatable bonds is 14. The van der Waals surface area contributed by atoms with Gasteiger partial charge in [0.05, 0.1) is 38.5 Å². The second-order valence-corrected chi connectivity index (χ2v) is 17.2. The van der Waals surface area contributed by atoms with E-state index >= 15 is 0 Å². The third kappa shape index (κ3) is 8.01. The fourth-order valence-corrected chi connectivity index (χ4v) is 9.80. The molecule has 5 aliphatic rings. The van der Waals surface area contributed by atoms with Crippen molar-refractivity contribution in [3.8, 4) is 16.9 Å². The summed E-state index contributed by atoms with van der Waals surface area (Å²) < 4.78 is 6.07. The van der Waals surface area contributed by atoms with Crippen LogP contribution in [0.4, 0.5) is 5.69 Å². The van der Waals surface area contributed by atoms with E-state index in [9.17, 15) is 24.9 Å². The number of fused-ring (bicyclic) bond motifs is 2. The number of nitrogens with one attached hydrogen (secondary N) is 2. The number of para-hydroxylation sites is 1. The molecule has 0 spiro atoms. The van der Waals surface area contributed by atoms with Gasteiger partial charge in [-0.15, -0.1) is 0 Å². The highest BCUT2D eigenvalue weighted by atomic mass is 16.7. The largest absolute Gasteiger partial charge is 0.496 e. The van der Waals surface area contributed by atoms with E-state index in [0.29, 0.717) is 35.6 Å². The molecule has 5 N–H and O–H groups in total.